The normalized spacial score (nSPS) is 19.7. The Balaban J connectivity index is 1.53. The number of likely N-dealkylation sites (tertiary alicyclic amines) is 1. The van der Waals surface area contributed by atoms with Crippen molar-refractivity contribution in [3.63, 3.8) is 0 Å². The number of hydrogen-bond acceptors (Lipinski definition) is 5. The molecular weight excluding hydrogens is 340 g/mol. The molecule has 8 heteroatoms. The van der Waals surface area contributed by atoms with Crippen LogP contribution < -0.4 is 10.6 Å². The van der Waals surface area contributed by atoms with Gasteiger partial charge in [-0.2, -0.15) is 4.99 Å². The second kappa shape index (κ2) is 7.69. The molecule has 3 rings (SSSR count). The molecule has 132 valence electrons. The lowest BCUT2D eigenvalue weighted by molar-refractivity contribution is -0.121. The number of carbonyl (C=O) groups excluding carboxylic acids is 3. The van der Waals surface area contributed by atoms with Gasteiger partial charge in [-0.15, -0.1) is 0 Å². The summed E-state index contributed by atoms with van der Waals surface area (Å²) in [4.78, 5) is 41.9. The van der Waals surface area contributed by atoms with Crippen molar-refractivity contribution in [2.24, 2.45) is 4.99 Å². The molecule has 3 amide bonds. The molecule has 1 aromatic carbocycles. The van der Waals surface area contributed by atoms with Crippen molar-refractivity contribution in [3.05, 3.63) is 29.8 Å². The summed E-state index contributed by atoms with van der Waals surface area (Å²) in [6.07, 6.45) is 2.32. The Bertz CT molecular complexity index is 711. The molecule has 0 aliphatic carbocycles. The van der Waals surface area contributed by atoms with Crippen molar-refractivity contribution in [2.45, 2.75) is 24.5 Å². The quantitative estimate of drug-likeness (QED) is 0.848. The van der Waals surface area contributed by atoms with E-state index in [1.807, 2.05) is 0 Å². The van der Waals surface area contributed by atoms with E-state index in [2.05, 4.69) is 20.5 Å². The van der Waals surface area contributed by atoms with Crippen molar-refractivity contribution in [1.29, 1.82) is 0 Å². The zero-order valence-corrected chi connectivity index (χ0v) is 14.8. The molecule has 25 heavy (non-hydrogen) atoms. The Morgan fingerprint density at radius 3 is 2.56 bits per heavy atom. The van der Waals surface area contributed by atoms with Crippen LogP contribution in [0.2, 0.25) is 0 Å². The zero-order valence-electron chi connectivity index (χ0n) is 13.9. The van der Waals surface area contributed by atoms with E-state index in [0.717, 1.165) is 31.1 Å². The Morgan fingerprint density at radius 2 is 1.92 bits per heavy atom. The molecule has 0 bridgehead atoms. The summed E-state index contributed by atoms with van der Waals surface area (Å²) >= 11 is 1.38. The summed E-state index contributed by atoms with van der Waals surface area (Å²) in [6.45, 7) is 1.85. The summed E-state index contributed by atoms with van der Waals surface area (Å²) in [7, 11) is 1.56. The van der Waals surface area contributed by atoms with Crippen molar-refractivity contribution < 1.29 is 14.4 Å². The molecule has 0 radical (unpaired) electrons. The smallest absolute Gasteiger partial charge is 0.262 e. The van der Waals surface area contributed by atoms with E-state index in [9.17, 15) is 14.4 Å². The van der Waals surface area contributed by atoms with Gasteiger partial charge in [0.1, 0.15) is 5.25 Å². The summed E-state index contributed by atoms with van der Waals surface area (Å²) in [5.74, 6) is -0.661. The van der Waals surface area contributed by atoms with Crippen molar-refractivity contribution in [3.8, 4) is 0 Å². The summed E-state index contributed by atoms with van der Waals surface area (Å²) < 4.78 is 0. The highest BCUT2D eigenvalue weighted by Crippen LogP contribution is 2.29. The largest absolute Gasteiger partial charge is 0.355 e. The van der Waals surface area contributed by atoms with Crippen molar-refractivity contribution in [2.75, 3.05) is 25.5 Å². The first-order valence-electron chi connectivity index (χ1n) is 8.23. The first kappa shape index (κ1) is 17.5. The van der Waals surface area contributed by atoms with Crippen LogP contribution in [0.3, 0.4) is 0 Å². The van der Waals surface area contributed by atoms with Gasteiger partial charge in [-0.3, -0.25) is 14.4 Å². The Hall–Kier alpha value is -2.35. The highest BCUT2D eigenvalue weighted by Gasteiger charge is 2.33. The van der Waals surface area contributed by atoms with Gasteiger partial charge >= 0.3 is 0 Å². The minimum atomic E-state index is -0.458. The van der Waals surface area contributed by atoms with Crippen molar-refractivity contribution in [1.82, 2.24) is 10.2 Å². The van der Waals surface area contributed by atoms with Gasteiger partial charge in [-0.05, 0) is 37.1 Å². The number of carbonyl (C=O) groups is 3. The zero-order chi connectivity index (χ0) is 17.8. The van der Waals surface area contributed by atoms with Gasteiger partial charge in [0, 0.05) is 37.8 Å². The fourth-order valence-electron chi connectivity index (χ4n) is 2.78. The molecule has 1 saturated heterocycles. The number of thioether (sulfide) groups is 1. The van der Waals surface area contributed by atoms with Crippen LogP contribution in [0.5, 0.6) is 0 Å². The van der Waals surface area contributed by atoms with E-state index in [-0.39, 0.29) is 24.1 Å². The van der Waals surface area contributed by atoms with Gasteiger partial charge in [0.15, 0.2) is 5.17 Å². The summed E-state index contributed by atoms with van der Waals surface area (Å²) in [5.41, 5.74) is 1.11. The topological polar surface area (TPSA) is 90.9 Å². The molecule has 1 aromatic rings. The standard InChI is InChI=1S/C17H20N4O3S/c1-18-15(23)11-4-6-12(7-5-11)19-14(22)10-13-16(24)20-17(25-13)21-8-2-3-9-21/h4-7,13H,2-3,8-10H2,1H3,(H,18,23)(H,19,22)/t13-/m1/s1. The molecule has 2 aliphatic rings. The number of rotatable bonds is 4. The second-order valence-electron chi connectivity index (χ2n) is 5.94. The van der Waals surface area contributed by atoms with Crippen LogP contribution in [0.25, 0.3) is 0 Å². The maximum absolute atomic E-state index is 12.2. The predicted octanol–water partition coefficient (Wildman–Crippen LogP) is 1.47. The van der Waals surface area contributed by atoms with Crippen LogP contribution in [-0.4, -0.2) is 53.2 Å². The Morgan fingerprint density at radius 1 is 1.24 bits per heavy atom. The molecule has 1 atom stereocenters. The molecule has 0 saturated carbocycles. The first-order valence-corrected chi connectivity index (χ1v) is 9.11. The minimum Gasteiger partial charge on any atom is -0.355 e. The lowest BCUT2D eigenvalue weighted by atomic mass is 10.2. The number of aliphatic imine (C=N–C) groups is 1. The van der Waals surface area contributed by atoms with Gasteiger partial charge < -0.3 is 15.5 Å². The Labute approximate surface area is 150 Å². The molecule has 0 spiro atoms. The van der Waals surface area contributed by atoms with E-state index < -0.39 is 5.25 Å². The third-order valence-electron chi connectivity index (χ3n) is 4.13. The average Bonchev–Trinajstić information content (AvgIpc) is 3.25. The van der Waals surface area contributed by atoms with Gasteiger partial charge in [-0.1, -0.05) is 11.8 Å². The number of amidine groups is 1. The number of hydrogen-bond donors (Lipinski definition) is 2. The maximum atomic E-state index is 12.2. The number of anilines is 1. The highest BCUT2D eigenvalue weighted by molar-refractivity contribution is 8.15. The van der Waals surface area contributed by atoms with Gasteiger partial charge in [0.25, 0.3) is 11.8 Å². The predicted molar refractivity (Wildman–Crippen MR) is 97.7 cm³/mol. The van der Waals surface area contributed by atoms with Crippen molar-refractivity contribution >= 4 is 40.3 Å². The summed E-state index contributed by atoms with van der Waals surface area (Å²) in [5, 5.41) is 5.58. The molecule has 0 aromatic heterocycles. The molecular formula is C17H20N4O3S. The van der Waals surface area contributed by atoms with Crippen LogP contribution in [-0.2, 0) is 9.59 Å². The van der Waals surface area contributed by atoms with Gasteiger partial charge in [-0.25, -0.2) is 0 Å². The van der Waals surface area contributed by atoms with Crippen LogP contribution in [0.15, 0.2) is 29.3 Å². The fraction of sp³-hybridized carbons (Fsp3) is 0.412. The number of benzene rings is 1. The fourth-order valence-corrected chi connectivity index (χ4v) is 3.90. The van der Waals surface area contributed by atoms with Crippen LogP contribution in [0.1, 0.15) is 29.6 Å². The summed E-state index contributed by atoms with van der Waals surface area (Å²) in [6, 6.07) is 6.60. The van der Waals surface area contributed by atoms with Gasteiger partial charge in [0.2, 0.25) is 5.91 Å². The lowest BCUT2D eigenvalue weighted by Gasteiger charge is -2.16. The molecule has 1 fully saturated rings. The van der Waals surface area contributed by atoms with E-state index in [1.54, 1.807) is 31.3 Å². The first-order chi connectivity index (χ1) is 12.1. The highest BCUT2D eigenvalue weighted by atomic mass is 32.2. The molecule has 2 aliphatic heterocycles. The number of nitrogens with one attached hydrogen (secondary N) is 2. The Kier molecular flexibility index (Phi) is 5.37. The molecule has 7 nitrogen and oxygen atoms in total. The van der Waals surface area contributed by atoms with E-state index in [4.69, 9.17) is 0 Å². The average molecular weight is 360 g/mol. The van der Waals surface area contributed by atoms with Crippen LogP contribution in [0.4, 0.5) is 5.69 Å². The van der Waals surface area contributed by atoms with Crippen LogP contribution in [0, 0.1) is 0 Å². The second-order valence-corrected chi connectivity index (χ2v) is 7.11. The third-order valence-corrected chi connectivity index (χ3v) is 5.35. The van der Waals surface area contributed by atoms with Crippen LogP contribution >= 0.6 is 11.8 Å². The molecule has 2 heterocycles. The van der Waals surface area contributed by atoms with Gasteiger partial charge in [0.05, 0.1) is 0 Å². The van der Waals surface area contributed by atoms with E-state index >= 15 is 0 Å². The minimum absolute atomic E-state index is 0.0849. The van der Waals surface area contributed by atoms with E-state index in [1.165, 1.54) is 11.8 Å². The molecule has 2 N–H and O–H groups in total. The number of nitrogens with zero attached hydrogens (tertiary/aromatic N) is 2. The van der Waals surface area contributed by atoms with E-state index in [0.29, 0.717) is 11.3 Å². The monoisotopic (exact) mass is 360 g/mol. The SMILES string of the molecule is CNC(=O)c1ccc(NC(=O)C[C@H]2SC(N3CCCC3)=NC2=O)cc1. The lowest BCUT2D eigenvalue weighted by Crippen LogP contribution is -2.25. The maximum Gasteiger partial charge on any atom is 0.262 e. The number of amides is 3. The molecule has 0 unspecified atom stereocenters. The third kappa shape index (κ3) is 4.19.